The minimum absolute atomic E-state index is 0.0717. The predicted octanol–water partition coefficient (Wildman–Crippen LogP) is 4.05. The van der Waals surface area contributed by atoms with Crippen molar-refractivity contribution in [3.8, 4) is 5.75 Å². The van der Waals surface area contributed by atoms with E-state index in [-0.39, 0.29) is 23.9 Å². The van der Waals surface area contributed by atoms with Crippen LogP contribution in [0, 0.1) is 6.92 Å². The summed E-state index contributed by atoms with van der Waals surface area (Å²) in [5.41, 5.74) is 1.85. The first kappa shape index (κ1) is 22.5. The average Bonchev–Trinajstić information content (AvgIpc) is 3.15. The van der Waals surface area contributed by atoms with E-state index < -0.39 is 11.6 Å². The van der Waals surface area contributed by atoms with E-state index >= 15 is 0 Å². The summed E-state index contributed by atoms with van der Waals surface area (Å²) in [5, 5.41) is 3.91. The summed E-state index contributed by atoms with van der Waals surface area (Å²) >= 11 is 1.26. The number of nitrogens with one attached hydrogen (secondary N) is 1. The molecule has 2 aromatic heterocycles. The lowest BCUT2D eigenvalue weighted by molar-refractivity contribution is -0.116. The Hall–Kier alpha value is -3.20. The second-order valence-electron chi connectivity index (χ2n) is 7.33. The molecule has 31 heavy (non-hydrogen) atoms. The van der Waals surface area contributed by atoms with Crippen LogP contribution in [0.25, 0.3) is 11.0 Å². The smallest absolute Gasteiger partial charge is 0.357 e. The molecule has 2 heterocycles. The topological polar surface area (TPSA) is 108 Å². The number of esters is 1. The minimum atomic E-state index is -0.525. The van der Waals surface area contributed by atoms with Crippen LogP contribution in [-0.2, 0) is 16.0 Å². The van der Waals surface area contributed by atoms with Crippen molar-refractivity contribution in [1.82, 2.24) is 4.98 Å². The van der Waals surface area contributed by atoms with E-state index in [1.165, 1.54) is 31.6 Å². The summed E-state index contributed by atoms with van der Waals surface area (Å²) in [5.74, 6) is -0.150. The second-order valence-corrected chi connectivity index (χ2v) is 8.37. The van der Waals surface area contributed by atoms with Crippen LogP contribution >= 0.6 is 11.3 Å². The number of thiazole rings is 1. The maximum Gasteiger partial charge on any atom is 0.357 e. The first-order valence-corrected chi connectivity index (χ1v) is 10.5. The highest BCUT2D eigenvalue weighted by atomic mass is 32.1. The molecule has 3 aromatic rings. The summed E-state index contributed by atoms with van der Waals surface area (Å²) < 4.78 is 15.4. The number of carbonyl (C=O) groups is 2. The molecule has 8 nitrogen and oxygen atoms in total. The number of methoxy groups -OCH3 is 2. The van der Waals surface area contributed by atoms with Crippen molar-refractivity contribution in [3.63, 3.8) is 0 Å². The lowest BCUT2D eigenvalue weighted by Crippen LogP contribution is -2.13. The van der Waals surface area contributed by atoms with Gasteiger partial charge in [0.15, 0.2) is 10.8 Å². The Kier molecular flexibility index (Phi) is 6.74. The van der Waals surface area contributed by atoms with Crippen LogP contribution in [0.4, 0.5) is 5.13 Å². The van der Waals surface area contributed by atoms with Crippen LogP contribution in [0.1, 0.15) is 52.7 Å². The van der Waals surface area contributed by atoms with Crippen molar-refractivity contribution in [1.29, 1.82) is 0 Å². The van der Waals surface area contributed by atoms with Gasteiger partial charge in [-0.2, -0.15) is 0 Å². The lowest BCUT2D eigenvalue weighted by Gasteiger charge is -2.11. The Morgan fingerprint density at radius 2 is 1.97 bits per heavy atom. The summed E-state index contributed by atoms with van der Waals surface area (Å²) in [6.45, 7) is 5.72. The minimum Gasteiger partial charge on any atom is -0.496 e. The zero-order valence-corrected chi connectivity index (χ0v) is 18.8. The summed E-state index contributed by atoms with van der Waals surface area (Å²) in [4.78, 5) is 41.1. The van der Waals surface area contributed by atoms with Crippen LogP contribution in [0.5, 0.6) is 5.75 Å². The Labute approximate surface area is 183 Å². The largest absolute Gasteiger partial charge is 0.496 e. The molecule has 0 saturated heterocycles. The number of nitrogens with zero attached hydrogens (tertiary/aromatic N) is 1. The van der Waals surface area contributed by atoms with Crippen LogP contribution in [0.15, 0.2) is 27.4 Å². The normalized spacial score (nSPS) is 11.0. The number of anilines is 1. The molecule has 0 saturated carbocycles. The molecule has 0 radical (unpaired) electrons. The fraction of sp³-hybridized carbons (Fsp3) is 0.364. The number of aromatic nitrogens is 1. The fourth-order valence-corrected chi connectivity index (χ4v) is 4.20. The molecule has 0 aliphatic heterocycles. The maximum atomic E-state index is 12.5. The Bertz CT molecular complexity index is 1190. The van der Waals surface area contributed by atoms with Crippen LogP contribution < -0.4 is 15.7 Å². The zero-order valence-electron chi connectivity index (χ0n) is 18.0. The third kappa shape index (κ3) is 4.93. The molecule has 3 rings (SSSR count). The molecule has 0 unspecified atom stereocenters. The predicted molar refractivity (Wildman–Crippen MR) is 118 cm³/mol. The maximum absolute atomic E-state index is 12.5. The number of hydrogen-bond donors (Lipinski definition) is 1. The van der Waals surface area contributed by atoms with E-state index in [2.05, 4.69) is 10.3 Å². The van der Waals surface area contributed by atoms with Gasteiger partial charge < -0.3 is 19.2 Å². The van der Waals surface area contributed by atoms with E-state index in [4.69, 9.17) is 13.9 Å². The van der Waals surface area contributed by atoms with Gasteiger partial charge in [-0.25, -0.2) is 14.6 Å². The van der Waals surface area contributed by atoms with Crippen molar-refractivity contribution in [3.05, 3.63) is 50.3 Å². The molecular weight excluding hydrogens is 420 g/mol. The highest BCUT2D eigenvalue weighted by molar-refractivity contribution is 7.16. The van der Waals surface area contributed by atoms with Crippen LogP contribution in [-0.4, -0.2) is 31.1 Å². The van der Waals surface area contributed by atoms with Gasteiger partial charge >= 0.3 is 11.6 Å². The van der Waals surface area contributed by atoms with Crippen molar-refractivity contribution < 1.29 is 23.5 Å². The van der Waals surface area contributed by atoms with Crippen LogP contribution in [0.3, 0.4) is 0 Å². The monoisotopic (exact) mass is 444 g/mol. The van der Waals surface area contributed by atoms with Gasteiger partial charge in [-0.15, -0.1) is 11.3 Å². The highest BCUT2D eigenvalue weighted by Gasteiger charge is 2.22. The van der Waals surface area contributed by atoms with Gasteiger partial charge in [-0.3, -0.25) is 4.79 Å². The summed E-state index contributed by atoms with van der Waals surface area (Å²) in [6, 6.07) is 4.96. The van der Waals surface area contributed by atoms with Crippen molar-refractivity contribution in [2.45, 2.75) is 39.5 Å². The van der Waals surface area contributed by atoms with Gasteiger partial charge in [0, 0.05) is 28.8 Å². The van der Waals surface area contributed by atoms with E-state index in [9.17, 15) is 14.4 Å². The number of benzene rings is 1. The first-order chi connectivity index (χ1) is 14.7. The highest BCUT2D eigenvalue weighted by Crippen LogP contribution is 2.31. The number of aryl methyl sites for hydroxylation is 2. The molecular formula is C22H24N2O6S. The molecule has 164 valence electrons. The number of hydrogen-bond acceptors (Lipinski definition) is 8. The molecule has 1 aromatic carbocycles. The number of rotatable bonds is 7. The van der Waals surface area contributed by atoms with Gasteiger partial charge in [0.05, 0.1) is 14.2 Å². The quantitative estimate of drug-likeness (QED) is 0.433. The third-order valence-electron chi connectivity index (χ3n) is 4.78. The molecule has 1 amide bonds. The standard InChI is InChI=1S/C22H24N2O6S/c1-11(2)20-19(21(27)29-5)24-22(31-20)23-17(25)7-6-13-9-14-12(3)8-18(26)30-16(14)10-15(13)28-4/h8-11H,6-7H2,1-5H3,(H,23,24,25). The third-order valence-corrected chi connectivity index (χ3v) is 6.05. The Morgan fingerprint density at radius 3 is 2.61 bits per heavy atom. The average molecular weight is 445 g/mol. The molecule has 0 spiro atoms. The van der Waals surface area contributed by atoms with Gasteiger partial charge in [0.1, 0.15) is 11.3 Å². The molecule has 0 aliphatic carbocycles. The van der Waals surface area contributed by atoms with Crippen molar-refractivity contribution >= 4 is 39.3 Å². The zero-order chi connectivity index (χ0) is 22.7. The van der Waals surface area contributed by atoms with E-state index in [1.54, 1.807) is 6.07 Å². The fourth-order valence-electron chi connectivity index (χ4n) is 3.23. The molecule has 1 N–H and O–H groups in total. The van der Waals surface area contributed by atoms with Crippen LogP contribution in [0.2, 0.25) is 0 Å². The lowest BCUT2D eigenvalue weighted by atomic mass is 10.0. The number of fused-ring (bicyclic) bond motifs is 1. The SMILES string of the molecule is COC(=O)c1nc(NC(=O)CCc2cc3c(C)cc(=O)oc3cc2OC)sc1C(C)C. The number of carbonyl (C=O) groups excluding carboxylic acids is 2. The van der Waals surface area contributed by atoms with Gasteiger partial charge in [0.25, 0.3) is 0 Å². The van der Waals surface area contributed by atoms with E-state index in [0.29, 0.717) is 22.9 Å². The Balaban J connectivity index is 1.77. The van der Waals surface area contributed by atoms with Gasteiger partial charge in [-0.05, 0) is 36.5 Å². The summed E-state index contributed by atoms with van der Waals surface area (Å²) in [6.07, 6.45) is 0.595. The second kappa shape index (κ2) is 9.30. The number of ether oxygens (including phenoxy) is 2. The molecule has 0 atom stereocenters. The molecule has 9 heteroatoms. The van der Waals surface area contributed by atoms with Gasteiger partial charge in [-0.1, -0.05) is 13.8 Å². The summed E-state index contributed by atoms with van der Waals surface area (Å²) in [7, 11) is 2.82. The molecule has 0 aliphatic rings. The van der Waals surface area contributed by atoms with E-state index in [1.807, 2.05) is 26.8 Å². The van der Waals surface area contributed by atoms with Crippen molar-refractivity contribution in [2.75, 3.05) is 19.5 Å². The van der Waals surface area contributed by atoms with Gasteiger partial charge in [0.2, 0.25) is 5.91 Å². The molecule has 0 bridgehead atoms. The Morgan fingerprint density at radius 1 is 1.23 bits per heavy atom. The van der Waals surface area contributed by atoms with E-state index in [0.717, 1.165) is 21.4 Å². The molecule has 0 fully saturated rings. The number of amides is 1. The van der Waals surface area contributed by atoms with Crippen molar-refractivity contribution in [2.24, 2.45) is 0 Å². The first-order valence-electron chi connectivity index (χ1n) is 9.73.